The number of nitroso groups, excluding NO2 is 1. The molecule has 2 aromatic carbocycles. The maximum atomic E-state index is 11.1. The molecule has 0 bridgehead atoms. The summed E-state index contributed by atoms with van der Waals surface area (Å²) in [6.45, 7) is 0. The van der Waals surface area contributed by atoms with E-state index in [0.717, 1.165) is 23.5 Å². The Morgan fingerprint density at radius 1 is 0.800 bits per heavy atom. The quantitative estimate of drug-likeness (QED) is 0.256. The Balaban J connectivity index is 0.000000522. The predicted molar refractivity (Wildman–Crippen MR) is 106 cm³/mol. The molecule has 168 valence electrons. The molecule has 30 heavy (non-hydrogen) atoms. The number of sulfone groups is 2. The molecule has 0 heterocycles. The van der Waals surface area contributed by atoms with Gasteiger partial charge in [0.05, 0.1) is 19.6 Å². The summed E-state index contributed by atoms with van der Waals surface area (Å²) in [5.41, 5.74) is 4.50. The third-order valence-electron chi connectivity index (χ3n) is 3.10. The number of hydrogen-bond donors (Lipinski definition) is 4. The van der Waals surface area contributed by atoms with E-state index in [9.17, 15) is 29.5 Å². The molecule has 12 nitrogen and oxygen atoms in total. The van der Waals surface area contributed by atoms with Gasteiger partial charge in [-0.05, 0) is 36.4 Å². The molecule has 0 radical (unpaired) electrons. The molecule has 16 heteroatoms. The van der Waals surface area contributed by atoms with Gasteiger partial charge in [0.25, 0.3) is 10.0 Å². The fourth-order valence-electron chi connectivity index (χ4n) is 1.74. The van der Waals surface area contributed by atoms with Crippen LogP contribution in [0.2, 0.25) is 0 Å². The van der Waals surface area contributed by atoms with Gasteiger partial charge in [0.2, 0.25) is 0 Å². The highest BCUT2D eigenvalue weighted by molar-refractivity contribution is 7.91. The SMILES string of the molecule is CS(=O)(=O)c1cccc(S(=O)(=O)NO)c1.CS(=O)(=O)c1cccc(S(=O)O)c1.N=O. The summed E-state index contributed by atoms with van der Waals surface area (Å²) in [5.74, 6) is 0. The molecule has 0 aromatic heterocycles. The van der Waals surface area contributed by atoms with E-state index in [0.29, 0.717) is 0 Å². The van der Waals surface area contributed by atoms with Gasteiger partial charge < -0.3 is 9.76 Å². The lowest BCUT2D eigenvalue weighted by Gasteiger charge is -2.03. The van der Waals surface area contributed by atoms with Gasteiger partial charge in [0.1, 0.15) is 0 Å². The van der Waals surface area contributed by atoms with Crippen molar-refractivity contribution < 1.29 is 39.2 Å². The molecule has 2 rings (SSSR count). The standard InChI is InChI=1S/C7H9NO5S2.C7H8O4S2.HNO/c1-14(10,11)6-3-2-4-7(5-6)15(12,13)8-9;1-13(10,11)7-4-2-3-6(5-7)12(8)9;1-2/h2-5,8-9H,1H3;2-5H,1H3,(H,8,9);1H. The maximum Gasteiger partial charge on any atom is 0.262 e. The lowest BCUT2D eigenvalue weighted by atomic mass is 10.4. The van der Waals surface area contributed by atoms with E-state index >= 15 is 0 Å². The number of hydrogen-bond acceptors (Lipinski definition) is 10. The molecule has 0 fully saturated rings. The van der Waals surface area contributed by atoms with E-state index in [1.54, 1.807) is 0 Å². The summed E-state index contributed by atoms with van der Waals surface area (Å²) < 4.78 is 85.8. The van der Waals surface area contributed by atoms with E-state index in [4.69, 9.17) is 14.7 Å². The average Bonchev–Trinajstić information content (AvgIpc) is 2.69. The smallest absolute Gasteiger partial charge is 0.262 e. The van der Waals surface area contributed by atoms with E-state index in [1.165, 1.54) is 42.5 Å². The Morgan fingerprint density at radius 3 is 1.60 bits per heavy atom. The number of sulfonamides is 1. The Bertz CT molecular complexity index is 1210. The van der Waals surface area contributed by atoms with Crippen LogP contribution in [0, 0.1) is 10.5 Å². The van der Waals surface area contributed by atoms with E-state index in [1.807, 2.05) is 0 Å². The van der Waals surface area contributed by atoms with Crippen molar-refractivity contribution in [1.82, 2.24) is 4.89 Å². The molecule has 1 atom stereocenters. The zero-order valence-corrected chi connectivity index (χ0v) is 18.7. The zero-order valence-electron chi connectivity index (χ0n) is 15.4. The van der Waals surface area contributed by atoms with Crippen LogP contribution in [0.25, 0.3) is 0 Å². The fourth-order valence-corrected chi connectivity index (χ4v) is 4.29. The minimum Gasteiger partial charge on any atom is -0.302 e. The molecular weight excluding hydrogens is 484 g/mol. The second kappa shape index (κ2) is 11.3. The molecule has 0 aliphatic heterocycles. The van der Waals surface area contributed by atoms with Crippen LogP contribution in [0.5, 0.6) is 0 Å². The average molecular weight is 503 g/mol. The maximum absolute atomic E-state index is 11.1. The highest BCUT2D eigenvalue weighted by Gasteiger charge is 2.15. The van der Waals surface area contributed by atoms with Crippen LogP contribution >= 0.6 is 0 Å². The summed E-state index contributed by atoms with van der Waals surface area (Å²) >= 11 is -2.14. The lowest BCUT2D eigenvalue weighted by molar-refractivity contribution is 0.242. The van der Waals surface area contributed by atoms with Crippen LogP contribution in [-0.4, -0.2) is 51.7 Å². The van der Waals surface area contributed by atoms with Crippen LogP contribution in [0.4, 0.5) is 0 Å². The topological polar surface area (TPSA) is 213 Å². The molecule has 0 aliphatic carbocycles. The second-order valence-corrected chi connectivity index (χ2v) is 12.0. The normalized spacial score (nSPS) is 12.5. The molecule has 1 unspecified atom stereocenters. The number of benzene rings is 2. The minimum atomic E-state index is -4.04. The van der Waals surface area contributed by atoms with Crippen molar-refractivity contribution in [2.45, 2.75) is 19.6 Å². The molecule has 0 saturated carbocycles. The summed E-state index contributed by atoms with van der Waals surface area (Å²) in [7, 11) is -10.8. The van der Waals surface area contributed by atoms with Gasteiger partial charge in [-0.1, -0.05) is 22.6 Å². The monoisotopic (exact) mass is 502 g/mol. The summed E-state index contributed by atoms with van der Waals surface area (Å²) in [6.07, 6.45) is 2.01. The van der Waals surface area contributed by atoms with Crippen molar-refractivity contribution in [1.29, 1.82) is 5.59 Å². The van der Waals surface area contributed by atoms with E-state index < -0.39 is 40.8 Å². The second-order valence-electron chi connectivity index (χ2n) is 5.34. The summed E-state index contributed by atoms with van der Waals surface area (Å²) in [6, 6.07) is 10.1. The first-order chi connectivity index (χ1) is 13.7. The van der Waals surface area contributed by atoms with Gasteiger partial charge in [0.15, 0.2) is 30.8 Å². The highest BCUT2D eigenvalue weighted by atomic mass is 32.2. The molecular formula is C14H18N2O10S4. The largest absolute Gasteiger partial charge is 0.302 e. The van der Waals surface area contributed by atoms with Gasteiger partial charge in [-0.25, -0.2) is 29.5 Å². The van der Waals surface area contributed by atoms with Gasteiger partial charge in [-0.15, -0.1) is 0 Å². The van der Waals surface area contributed by atoms with Crippen molar-refractivity contribution in [2.75, 3.05) is 12.5 Å². The third-order valence-corrected chi connectivity index (χ3v) is 7.09. The summed E-state index contributed by atoms with van der Waals surface area (Å²) in [4.78, 5) is 8.31. The van der Waals surface area contributed by atoms with Crippen molar-refractivity contribution in [3.05, 3.63) is 53.4 Å². The summed E-state index contributed by atoms with van der Waals surface area (Å²) in [5, 5.41) is 8.35. The number of nitrogens with one attached hydrogen (secondary N) is 2. The van der Waals surface area contributed by atoms with E-state index in [2.05, 4.69) is 5.59 Å². The molecule has 0 saturated heterocycles. The first-order valence-electron chi connectivity index (χ1n) is 7.26. The van der Waals surface area contributed by atoms with E-state index in [-0.39, 0.29) is 19.6 Å². The molecule has 0 aliphatic rings. The Labute approximate surface area is 175 Å². The Kier molecular flexibility index (Phi) is 10.6. The van der Waals surface area contributed by atoms with Crippen LogP contribution in [-0.2, 0) is 40.8 Å². The minimum absolute atomic E-state index is 0.0485. The molecule has 0 amide bonds. The molecule has 2 aromatic rings. The first-order valence-corrected chi connectivity index (χ1v) is 13.6. The van der Waals surface area contributed by atoms with Gasteiger partial charge in [-0.3, -0.25) is 0 Å². The molecule has 4 N–H and O–H groups in total. The van der Waals surface area contributed by atoms with Crippen molar-refractivity contribution >= 4 is 40.8 Å². The highest BCUT2D eigenvalue weighted by Crippen LogP contribution is 2.15. The van der Waals surface area contributed by atoms with Crippen molar-refractivity contribution in [3.8, 4) is 0 Å². The fraction of sp³-hybridized carbons (Fsp3) is 0.143. The Hall–Kier alpha value is -2.08. The van der Waals surface area contributed by atoms with Crippen molar-refractivity contribution in [3.63, 3.8) is 0 Å². The Morgan fingerprint density at radius 2 is 1.20 bits per heavy atom. The van der Waals surface area contributed by atoms with Crippen LogP contribution in [0.1, 0.15) is 0 Å². The van der Waals surface area contributed by atoms with Gasteiger partial charge in [0, 0.05) is 12.5 Å². The zero-order chi connectivity index (χ0) is 23.8. The van der Waals surface area contributed by atoms with Crippen LogP contribution in [0.3, 0.4) is 0 Å². The van der Waals surface area contributed by atoms with Crippen molar-refractivity contribution in [2.24, 2.45) is 0 Å². The van der Waals surface area contributed by atoms with Gasteiger partial charge in [-0.2, -0.15) is 4.91 Å². The third kappa shape index (κ3) is 8.74. The first kappa shape index (κ1) is 27.9. The lowest BCUT2D eigenvalue weighted by Crippen LogP contribution is -2.19. The predicted octanol–water partition coefficient (Wildman–Crippen LogP) is 0.760. The van der Waals surface area contributed by atoms with Crippen LogP contribution in [0.15, 0.2) is 68.1 Å². The van der Waals surface area contributed by atoms with Gasteiger partial charge >= 0.3 is 0 Å². The molecule has 0 spiro atoms. The van der Waals surface area contributed by atoms with Crippen LogP contribution < -0.4 is 4.89 Å². The number of rotatable bonds is 5.